The van der Waals surface area contributed by atoms with E-state index in [-0.39, 0.29) is 23.3 Å². The van der Waals surface area contributed by atoms with E-state index in [2.05, 4.69) is 58.9 Å². The minimum atomic E-state index is -0.106. The van der Waals surface area contributed by atoms with Crippen molar-refractivity contribution in [3.05, 3.63) is 65.7 Å². The van der Waals surface area contributed by atoms with Crippen LogP contribution in [0.25, 0.3) is 0 Å². The lowest BCUT2D eigenvalue weighted by molar-refractivity contribution is -0.138. The summed E-state index contributed by atoms with van der Waals surface area (Å²) >= 11 is 0. The van der Waals surface area contributed by atoms with Crippen molar-refractivity contribution < 1.29 is 9.53 Å². The smallest absolute Gasteiger partial charge is 0.227 e. The molecule has 0 spiro atoms. The zero-order valence-electron chi connectivity index (χ0n) is 19.4. The highest BCUT2D eigenvalue weighted by Crippen LogP contribution is 2.36. The fourth-order valence-corrected chi connectivity index (χ4v) is 5.01. The van der Waals surface area contributed by atoms with Crippen molar-refractivity contribution >= 4 is 5.91 Å². The first-order chi connectivity index (χ1) is 15.1. The first-order valence-corrected chi connectivity index (χ1v) is 11.4. The number of benzene rings is 2. The lowest BCUT2D eigenvalue weighted by atomic mass is 9.79. The second-order valence-electron chi connectivity index (χ2n) is 8.48. The van der Waals surface area contributed by atoms with Gasteiger partial charge in [-0.3, -0.25) is 4.79 Å². The summed E-state index contributed by atoms with van der Waals surface area (Å²) in [7, 11) is 5.64. The Bertz CT molecular complexity index is 814. The number of rotatable bonds is 9. The van der Waals surface area contributed by atoms with E-state index in [4.69, 9.17) is 4.74 Å². The molecule has 1 fully saturated rings. The molecular formula is C26H37N3O2. The van der Waals surface area contributed by atoms with Gasteiger partial charge in [0.25, 0.3) is 0 Å². The summed E-state index contributed by atoms with van der Waals surface area (Å²) in [6.07, 6.45) is 2.74. The maximum atomic E-state index is 13.6. The molecule has 5 nitrogen and oxygen atoms in total. The molecule has 2 aromatic carbocycles. The van der Waals surface area contributed by atoms with Crippen molar-refractivity contribution in [1.82, 2.24) is 15.5 Å². The number of piperidine rings is 1. The molecule has 0 radical (unpaired) electrons. The fraction of sp³-hybridized carbons (Fsp3) is 0.500. The number of hydrogen-bond donors (Lipinski definition) is 2. The first-order valence-electron chi connectivity index (χ1n) is 11.4. The van der Waals surface area contributed by atoms with E-state index >= 15 is 0 Å². The van der Waals surface area contributed by atoms with Gasteiger partial charge < -0.3 is 20.3 Å². The van der Waals surface area contributed by atoms with E-state index < -0.39 is 0 Å². The number of ether oxygens (including phenoxy) is 1. The predicted octanol–water partition coefficient (Wildman–Crippen LogP) is 3.76. The van der Waals surface area contributed by atoms with Crippen molar-refractivity contribution in [3.63, 3.8) is 0 Å². The Balaban J connectivity index is 1.74. The number of methoxy groups -OCH3 is 1. The van der Waals surface area contributed by atoms with Gasteiger partial charge in [-0.25, -0.2) is 0 Å². The van der Waals surface area contributed by atoms with E-state index in [0.717, 1.165) is 38.1 Å². The third kappa shape index (κ3) is 5.10. The molecule has 1 saturated heterocycles. The molecule has 2 unspecified atom stereocenters. The Hall–Kier alpha value is -2.37. The van der Waals surface area contributed by atoms with Crippen LogP contribution in [0.2, 0.25) is 0 Å². The van der Waals surface area contributed by atoms with Gasteiger partial charge in [0, 0.05) is 25.2 Å². The van der Waals surface area contributed by atoms with E-state index in [1.807, 2.05) is 32.3 Å². The second-order valence-corrected chi connectivity index (χ2v) is 8.48. The summed E-state index contributed by atoms with van der Waals surface area (Å²) < 4.78 is 5.31. The third-order valence-corrected chi connectivity index (χ3v) is 6.94. The first kappa shape index (κ1) is 23.3. The quantitative estimate of drug-likeness (QED) is 0.645. The van der Waals surface area contributed by atoms with Crippen molar-refractivity contribution in [1.29, 1.82) is 0 Å². The zero-order valence-corrected chi connectivity index (χ0v) is 19.4. The maximum absolute atomic E-state index is 13.6. The molecule has 2 atom stereocenters. The van der Waals surface area contributed by atoms with E-state index in [1.54, 1.807) is 7.11 Å². The van der Waals surface area contributed by atoms with Crippen LogP contribution in [0, 0.1) is 5.92 Å². The average Bonchev–Trinajstić information content (AvgIpc) is 2.84. The highest BCUT2D eigenvalue weighted by atomic mass is 16.5. The number of likely N-dealkylation sites (tertiary alicyclic amines) is 1. The molecule has 2 N–H and O–H groups in total. The normalized spacial score (nSPS) is 17.7. The van der Waals surface area contributed by atoms with Gasteiger partial charge >= 0.3 is 0 Å². The Kier molecular flexibility index (Phi) is 8.10. The standard InChI is InChI=1S/C26H37N3O2/c1-5-23(20-9-7-6-8-10-20)24(19-27-2)25(30)29-17-15-26(28-3,16-18-29)21-11-13-22(31-4)14-12-21/h6-14,23-24,27-28H,5,15-19H2,1-4H3. The lowest BCUT2D eigenvalue weighted by Gasteiger charge is -2.43. The van der Waals surface area contributed by atoms with E-state index in [9.17, 15) is 4.79 Å². The van der Waals surface area contributed by atoms with Crippen LogP contribution in [0.4, 0.5) is 0 Å². The SMILES string of the molecule is CCC(c1ccccc1)C(CNC)C(=O)N1CCC(NC)(c2ccc(OC)cc2)CC1. The van der Waals surface area contributed by atoms with E-state index in [1.165, 1.54) is 11.1 Å². The Morgan fingerprint density at radius 1 is 1.06 bits per heavy atom. The minimum Gasteiger partial charge on any atom is -0.497 e. The van der Waals surface area contributed by atoms with Gasteiger partial charge in [0.05, 0.1) is 13.0 Å². The predicted molar refractivity (Wildman–Crippen MR) is 126 cm³/mol. The monoisotopic (exact) mass is 423 g/mol. The van der Waals surface area contributed by atoms with Crippen LogP contribution < -0.4 is 15.4 Å². The van der Waals surface area contributed by atoms with Crippen LogP contribution in [-0.2, 0) is 10.3 Å². The van der Waals surface area contributed by atoms with Crippen molar-refractivity contribution in [2.45, 2.75) is 37.6 Å². The fourth-order valence-electron chi connectivity index (χ4n) is 5.01. The molecule has 1 amide bonds. The molecular weight excluding hydrogens is 386 g/mol. The van der Waals surface area contributed by atoms with Crippen molar-refractivity contribution in [3.8, 4) is 5.75 Å². The molecule has 0 aliphatic carbocycles. The van der Waals surface area contributed by atoms with Crippen LogP contribution in [0.3, 0.4) is 0 Å². The summed E-state index contributed by atoms with van der Waals surface area (Å²) in [5.74, 6) is 1.30. The Labute approximate surface area is 187 Å². The molecule has 3 rings (SSSR count). The molecule has 0 saturated carbocycles. The summed E-state index contributed by atoms with van der Waals surface area (Å²) in [6.45, 7) is 4.40. The summed E-state index contributed by atoms with van der Waals surface area (Å²) in [6, 6.07) is 18.8. The molecule has 5 heteroatoms. The highest BCUT2D eigenvalue weighted by molar-refractivity contribution is 5.80. The third-order valence-electron chi connectivity index (χ3n) is 6.94. The average molecular weight is 424 g/mol. The molecule has 0 aromatic heterocycles. The minimum absolute atomic E-state index is 0.0551. The van der Waals surface area contributed by atoms with Gasteiger partial charge in [-0.15, -0.1) is 0 Å². The summed E-state index contributed by atoms with van der Waals surface area (Å²) in [4.78, 5) is 15.7. The number of carbonyl (C=O) groups excluding carboxylic acids is 1. The van der Waals surface area contributed by atoms with Crippen molar-refractivity contribution in [2.75, 3.05) is 40.8 Å². The molecule has 1 heterocycles. The van der Waals surface area contributed by atoms with Gasteiger partial charge in [-0.1, -0.05) is 49.4 Å². The Morgan fingerprint density at radius 3 is 2.23 bits per heavy atom. The van der Waals surface area contributed by atoms with Gasteiger partial charge in [0.2, 0.25) is 5.91 Å². The Morgan fingerprint density at radius 2 is 1.71 bits per heavy atom. The van der Waals surface area contributed by atoms with Crippen LogP contribution in [0.5, 0.6) is 5.75 Å². The number of nitrogens with zero attached hydrogens (tertiary/aromatic N) is 1. The number of hydrogen-bond acceptors (Lipinski definition) is 4. The van der Waals surface area contributed by atoms with Gasteiger partial charge in [0.1, 0.15) is 5.75 Å². The topological polar surface area (TPSA) is 53.6 Å². The van der Waals surface area contributed by atoms with Crippen LogP contribution in [0.15, 0.2) is 54.6 Å². The lowest BCUT2D eigenvalue weighted by Crippen LogP contribution is -2.53. The largest absolute Gasteiger partial charge is 0.497 e. The van der Waals surface area contributed by atoms with E-state index in [0.29, 0.717) is 6.54 Å². The number of carbonyl (C=O) groups is 1. The second kappa shape index (κ2) is 10.8. The molecule has 168 valence electrons. The van der Waals surface area contributed by atoms with Crippen LogP contribution in [0.1, 0.15) is 43.2 Å². The molecule has 2 aromatic rings. The zero-order chi connectivity index (χ0) is 22.3. The van der Waals surface area contributed by atoms with Gasteiger partial charge in [-0.05, 0) is 62.5 Å². The van der Waals surface area contributed by atoms with Crippen LogP contribution in [-0.4, -0.2) is 51.6 Å². The number of nitrogens with one attached hydrogen (secondary N) is 2. The molecule has 0 bridgehead atoms. The number of amides is 1. The maximum Gasteiger partial charge on any atom is 0.227 e. The van der Waals surface area contributed by atoms with Gasteiger partial charge in [-0.2, -0.15) is 0 Å². The molecule has 1 aliphatic heterocycles. The summed E-state index contributed by atoms with van der Waals surface area (Å²) in [5, 5.41) is 6.82. The van der Waals surface area contributed by atoms with Crippen molar-refractivity contribution in [2.24, 2.45) is 5.92 Å². The molecule has 31 heavy (non-hydrogen) atoms. The molecule has 1 aliphatic rings. The van der Waals surface area contributed by atoms with Gasteiger partial charge in [0.15, 0.2) is 0 Å². The highest BCUT2D eigenvalue weighted by Gasteiger charge is 2.39. The van der Waals surface area contributed by atoms with Crippen LogP contribution >= 0.6 is 0 Å². The summed E-state index contributed by atoms with van der Waals surface area (Å²) in [5.41, 5.74) is 2.40.